The van der Waals surface area contributed by atoms with Crippen LogP contribution in [0.3, 0.4) is 0 Å². The number of benzene rings is 5. The van der Waals surface area contributed by atoms with Gasteiger partial charge in [0.15, 0.2) is 0 Å². The van der Waals surface area contributed by atoms with E-state index in [1.165, 1.54) is 22.3 Å². The average Bonchev–Trinajstić information content (AvgIpc) is 3.57. The topological polar surface area (TPSA) is 48.2 Å². The minimum absolute atomic E-state index is 0.463. The van der Waals surface area contributed by atoms with Gasteiger partial charge in [-0.25, -0.2) is 0 Å². The monoisotopic (exact) mass is 476 g/mol. The van der Waals surface area contributed by atoms with E-state index >= 15 is 0 Å². The van der Waals surface area contributed by atoms with E-state index in [9.17, 15) is 0 Å². The van der Waals surface area contributed by atoms with E-state index < -0.39 is 5.41 Å². The van der Waals surface area contributed by atoms with Crippen LogP contribution in [0.5, 0.6) is 11.5 Å². The van der Waals surface area contributed by atoms with Crippen LogP contribution in [0.2, 0.25) is 0 Å². The highest BCUT2D eigenvalue weighted by atomic mass is 16.5. The highest BCUT2D eigenvalue weighted by Crippen LogP contribution is 2.62. The summed E-state index contributed by atoms with van der Waals surface area (Å²) in [5, 5.41) is 8.63. The molecule has 2 heterocycles. The molecule has 4 nitrogen and oxygen atoms in total. The van der Waals surface area contributed by atoms with Crippen LogP contribution in [0.25, 0.3) is 34.0 Å². The minimum Gasteiger partial charge on any atom is -0.457 e. The molecule has 1 spiro atoms. The highest BCUT2D eigenvalue weighted by molar-refractivity contribution is 5.88. The number of para-hydroxylation sites is 1. The molecule has 37 heavy (non-hydrogen) atoms. The SMILES string of the molecule is c1ccc(-c2nnc(-c3ccc4c(c3)Oc3ccccc3C43c4ccccc4-c4ccccc43)o2)cc1. The predicted molar refractivity (Wildman–Crippen MR) is 143 cm³/mol. The maximum atomic E-state index is 6.56. The Bertz CT molecular complexity index is 1770. The smallest absolute Gasteiger partial charge is 0.248 e. The Labute approximate surface area is 213 Å². The second kappa shape index (κ2) is 7.52. The lowest BCUT2D eigenvalue weighted by Crippen LogP contribution is -2.32. The zero-order valence-electron chi connectivity index (χ0n) is 19.8. The fraction of sp³-hybridized carbons (Fsp3) is 0.0303. The van der Waals surface area contributed by atoms with Gasteiger partial charge in [0.25, 0.3) is 0 Å². The van der Waals surface area contributed by atoms with Gasteiger partial charge in [-0.2, -0.15) is 0 Å². The Morgan fingerprint density at radius 3 is 1.76 bits per heavy atom. The number of fused-ring (bicyclic) bond motifs is 9. The molecule has 8 rings (SSSR count). The Kier molecular flexibility index (Phi) is 4.12. The molecular formula is C33H20N2O2. The molecule has 0 radical (unpaired) electrons. The summed E-state index contributed by atoms with van der Waals surface area (Å²) in [5.74, 6) is 2.61. The fourth-order valence-electron chi connectivity index (χ4n) is 6.03. The third-order valence-electron chi connectivity index (χ3n) is 7.54. The van der Waals surface area contributed by atoms with Crippen LogP contribution in [0.1, 0.15) is 22.3 Å². The average molecular weight is 477 g/mol. The minimum atomic E-state index is -0.472. The van der Waals surface area contributed by atoms with Gasteiger partial charge in [0.2, 0.25) is 11.8 Å². The van der Waals surface area contributed by atoms with Gasteiger partial charge in [-0.15, -0.1) is 10.2 Å². The van der Waals surface area contributed by atoms with Crippen LogP contribution in [-0.2, 0) is 5.41 Å². The molecule has 2 aliphatic rings. The summed E-state index contributed by atoms with van der Waals surface area (Å²) in [6.07, 6.45) is 0. The van der Waals surface area contributed by atoms with E-state index in [2.05, 4.69) is 89.1 Å². The van der Waals surface area contributed by atoms with Crippen molar-refractivity contribution in [3.05, 3.63) is 144 Å². The highest BCUT2D eigenvalue weighted by Gasteiger charge is 2.50. The van der Waals surface area contributed by atoms with Crippen molar-refractivity contribution in [2.24, 2.45) is 0 Å². The third kappa shape index (κ3) is 2.72. The summed E-state index contributed by atoms with van der Waals surface area (Å²) in [6, 6.07) is 41.8. The Morgan fingerprint density at radius 2 is 1.03 bits per heavy atom. The van der Waals surface area contributed by atoms with Gasteiger partial charge in [-0.3, -0.25) is 0 Å². The number of nitrogens with zero attached hydrogens (tertiary/aromatic N) is 2. The van der Waals surface area contributed by atoms with E-state index in [1.54, 1.807) is 0 Å². The number of aromatic nitrogens is 2. The largest absolute Gasteiger partial charge is 0.457 e. The molecule has 1 aromatic heterocycles. The molecule has 0 N–H and O–H groups in total. The number of hydrogen-bond acceptors (Lipinski definition) is 4. The zero-order chi connectivity index (χ0) is 24.4. The summed E-state index contributed by atoms with van der Waals surface area (Å²) in [5.41, 5.74) is 8.55. The molecule has 0 bridgehead atoms. The first-order valence-electron chi connectivity index (χ1n) is 12.3. The molecule has 0 atom stereocenters. The third-order valence-corrected chi connectivity index (χ3v) is 7.54. The number of rotatable bonds is 2. The Morgan fingerprint density at radius 1 is 0.459 bits per heavy atom. The van der Waals surface area contributed by atoms with Crippen LogP contribution in [-0.4, -0.2) is 10.2 Å². The van der Waals surface area contributed by atoms with E-state index in [4.69, 9.17) is 9.15 Å². The van der Waals surface area contributed by atoms with Crippen molar-refractivity contribution in [3.8, 4) is 45.5 Å². The van der Waals surface area contributed by atoms with Gasteiger partial charge in [-0.05, 0) is 52.6 Å². The lowest BCUT2D eigenvalue weighted by atomic mass is 9.66. The first-order chi connectivity index (χ1) is 18.3. The van der Waals surface area contributed by atoms with Gasteiger partial charge < -0.3 is 9.15 Å². The van der Waals surface area contributed by atoms with Gasteiger partial charge in [0.05, 0.1) is 5.41 Å². The summed E-state index contributed by atoms with van der Waals surface area (Å²) in [6.45, 7) is 0. The van der Waals surface area contributed by atoms with Crippen molar-refractivity contribution >= 4 is 0 Å². The zero-order valence-corrected chi connectivity index (χ0v) is 19.8. The normalized spacial score (nSPS) is 13.8. The standard InChI is InChI=1S/C33H20N2O2/c1-2-10-21(11-3-1)31-34-35-32(37-31)22-18-19-28-30(20-22)36-29-17-9-8-16-27(29)33(28)25-14-6-4-12-23(25)24-13-5-7-15-26(24)33/h1-20H. The first-order valence-corrected chi connectivity index (χ1v) is 12.3. The molecule has 0 saturated heterocycles. The fourth-order valence-corrected chi connectivity index (χ4v) is 6.03. The van der Waals surface area contributed by atoms with Crippen LogP contribution in [0.15, 0.2) is 126 Å². The van der Waals surface area contributed by atoms with Crippen molar-refractivity contribution < 1.29 is 9.15 Å². The molecule has 1 aliphatic carbocycles. The molecule has 1 aliphatic heterocycles. The van der Waals surface area contributed by atoms with Crippen molar-refractivity contribution in [2.45, 2.75) is 5.41 Å². The lowest BCUT2D eigenvalue weighted by Gasteiger charge is -2.39. The molecule has 0 amide bonds. The summed E-state index contributed by atoms with van der Waals surface area (Å²) < 4.78 is 12.6. The molecular weight excluding hydrogens is 456 g/mol. The Balaban J connectivity index is 1.36. The molecule has 4 heteroatoms. The van der Waals surface area contributed by atoms with E-state index in [1.807, 2.05) is 42.5 Å². The molecule has 0 fully saturated rings. The van der Waals surface area contributed by atoms with E-state index in [0.717, 1.165) is 33.8 Å². The van der Waals surface area contributed by atoms with Crippen molar-refractivity contribution in [3.63, 3.8) is 0 Å². The van der Waals surface area contributed by atoms with Gasteiger partial charge >= 0.3 is 0 Å². The van der Waals surface area contributed by atoms with Crippen LogP contribution < -0.4 is 4.74 Å². The number of ether oxygens (including phenoxy) is 1. The van der Waals surface area contributed by atoms with Crippen molar-refractivity contribution in [1.29, 1.82) is 0 Å². The van der Waals surface area contributed by atoms with Gasteiger partial charge in [0.1, 0.15) is 11.5 Å². The summed E-state index contributed by atoms with van der Waals surface area (Å²) in [7, 11) is 0. The molecule has 174 valence electrons. The predicted octanol–water partition coefficient (Wildman–Crippen LogP) is 7.87. The second-order valence-corrected chi connectivity index (χ2v) is 9.43. The van der Waals surface area contributed by atoms with E-state index in [-0.39, 0.29) is 0 Å². The second-order valence-electron chi connectivity index (χ2n) is 9.43. The first kappa shape index (κ1) is 20.3. The molecule has 0 saturated carbocycles. The van der Waals surface area contributed by atoms with Crippen molar-refractivity contribution in [2.75, 3.05) is 0 Å². The van der Waals surface area contributed by atoms with Gasteiger partial charge in [-0.1, -0.05) is 91.0 Å². The Hall–Kier alpha value is -4.96. The summed E-state index contributed by atoms with van der Waals surface area (Å²) >= 11 is 0. The maximum Gasteiger partial charge on any atom is 0.248 e. The van der Waals surface area contributed by atoms with Gasteiger partial charge in [0, 0.05) is 22.3 Å². The van der Waals surface area contributed by atoms with Crippen LogP contribution in [0, 0.1) is 0 Å². The lowest BCUT2D eigenvalue weighted by molar-refractivity contribution is 0.436. The van der Waals surface area contributed by atoms with Crippen LogP contribution >= 0.6 is 0 Å². The number of hydrogen-bond donors (Lipinski definition) is 0. The quantitative estimate of drug-likeness (QED) is 0.255. The molecule has 5 aromatic carbocycles. The molecule has 6 aromatic rings. The molecule has 0 unspecified atom stereocenters. The summed E-state index contributed by atoms with van der Waals surface area (Å²) in [4.78, 5) is 0. The van der Waals surface area contributed by atoms with E-state index in [0.29, 0.717) is 11.8 Å². The van der Waals surface area contributed by atoms with Crippen LogP contribution in [0.4, 0.5) is 0 Å². The maximum absolute atomic E-state index is 6.56. The van der Waals surface area contributed by atoms with Crippen molar-refractivity contribution in [1.82, 2.24) is 10.2 Å².